The zero-order valence-corrected chi connectivity index (χ0v) is 15.1. The molecule has 3 aromatic rings. The first-order chi connectivity index (χ1) is 12.5. The number of pyridine rings is 1. The summed E-state index contributed by atoms with van der Waals surface area (Å²) in [6.45, 7) is 5.59. The van der Waals surface area contributed by atoms with Crippen molar-refractivity contribution in [3.05, 3.63) is 54.1 Å². The van der Waals surface area contributed by atoms with Crippen LogP contribution in [-0.4, -0.2) is 27.3 Å². The maximum absolute atomic E-state index is 12.4. The van der Waals surface area contributed by atoms with Crippen molar-refractivity contribution < 1.29 is 4.79 Å². The maximum atomic E-state index is 12.4. The lowest BCUT2D eigenvalue weighted by Crippen LogP contribution is -2.35. The summed E-state index contributed by atoms with van der Waals surface area (Å²) in [5.74, 6) is 0. The van der Waals surface area contributed by atoms with Gasteiger partial charge in [0.05, 0.1) is 11.4 Å². The second-order valence-electron chi connectivity index (χ2n) is 7.29. The molecule has 0 radical (unpaired) electrons. The van der Waals surface area contributed by atoms with Gasteiger partial charge in [-0.15, -0.1) is 0 Å². The summed E-state index contributed by atoms with van der Waals surface area (Å²) < 4.78 is 2.06. The van der Waals surface area contributed by atoms with E-state index < -0.39 is 0 Å². The van der Waals surface area contributed by atoms with E-state index in [0.717, 1.165) is 41.5 Å². The van der Waals surface area contributed by atoms with E-state index in [0.29, 0.717) is 6.54 Å². The third-order valence-corrected chi connectivity index (χ3v) is 5.10. The number of fused-ring (bicyclic) bond motifs is 1. The quantitative estimate of drug-likeness (QED) is 0.738. The van der Waals surface area contributed by atoms with Crippen molar-refractivity contribution >= 4 is 22.5 Å². The number of benzene rings is 1. The van der Waals surface area contributed by atoms with Crippen molar-refractivity contribution in [2.24, 2.45) is 5.41 Å². The lowest BCUT2D eigenvalue weighted by Gasteiger charge is -2.18. The Balaban J connectivity index is 1.39. The number of rotatable bonds is 5. The van der Waals surface area contributed by atoms with Crippen LogP contribution in [0.5, 0.6) is 0 Å². The Hall–Kier alpha value is -2.89. The van der Waals surface area contributed by atoms with Crippen molar-refractivity contribution in [3.8, 4) is 0 Å². The monoisotopic (exact) mass is 349 g/mol. The SMILES string of the molecule is Cc1cc(C)n(CC2(CNC(=O)Nc3cccc4cnccc34)CC2)n1. The average molecular weight is 349 g/mol. The van der Waals surface area contributed by atoms with E-state index >= 15 is 0 Å². The predicted octanol–water partition coefficient (Wildman–Crippen LogP) is 3.65. The highest BCUT2D eigenvalue weighted by Gasteiger charge is 2.43. The molecule has 1 fully saturated rings. The molecule has 0 aliphatic heterocycles. The summed E-state index contributed by atoms with van der Waals surface area (Å²) in [7, 11) is 0. The summed E-state index contributed by atoms with van der Waals surface area (Å²) in [5.41, 5.74) is 3.13. The van der Waals surface area contributed by atoms with E-state index in [-0.39, 0.29) is 11.4 Å². The molecule has 2 aromatic heterocycles. The number of carbonyl (C=O) groups is 1. The second kappa shape index (κ2) is 6.44. The van der Waals surface area contributed by atoms with Gasteiger partial charge in [0.25, 0.3) is 0 Å². The van der Waals surface area contributed by atoms with Crippen LogP contribution in [0.15, 0.2) is 42.7 Å². The molecule has 1 aliphatic carbocycles. The minimum absolute atomic E-state index is 0.128. The molecule has 26 heavy (non-hydrogen) atoms. The fourth-order valence-electron chi connectivity index (χ4n) is 3.39. The molecule has 134 valence electrons. The number of anilines is 1. The van der Waals surface area contributed by atoms with Gasteiger partial charge in [-0.05, 0) is 44.9 Å². The van der Waals surface area contributed by atoms with Crippen LogP contribution in [0.2, 0.25) is 0 Å². The number of nitrogens with one attached hydrogen (secondary N) is 2. The Morgan fingerprint density at radius 2 is 2.12 bits per heavy atom. The average Bonchev–Trinajstić information content (AvgIpc) is 3.32. The van der Waals surface area contributed by atoms with Crippen LogP contribution in [-0.2, 0) is 6.54 Å². The molecular weight excluding hydrogens is 326 g/mol. The number of urea groups is 1. The van der Waals surface area contributed by atoms with Gasteiger partial charge in [-0.1, -0.05) is 12.1 Å². The Morgan fingerprint density at radius 1 is 1.27 bits per heavy atom. The van der Waals surface area contributed by atoms with Gasteiger partial charge in [0.1, 0.15) is 0 Å². The normalized spacial score (nSPS) is 15.0. The van der Waals surface area contributed by atoms with Crippen LogP contribution in [0.25, 0.3) is 10.8 Å². The zero-order valence-electron chi connectivity index (χ0n) is 15.1. The zero-order chi connectivity index (χ0) is 18.1. The summed E-state index contributed by atoms with van der Waals surface area (Å²) in [5, 5.41) is 12.5. The van der Waals surface area contributed by atoms with Crippen LogP contribution in [0.4, 0.5) is 10.5 Å². The fraction of sp³-hybridized carbons (Fsp3) is 0.350. The number of amides is 2. The molecule has 6 heteroatoms. The number of aryl methyl sites for hydroxylation is 2. The minimum Gasteiger partial charge on any atom is -0.337 e. The van der Waals surface area contributed by atoms with Crippen molar-refractivity contribution in [3.63, 3.8) is 0 Å². The van der Waals surface area contributed by atoms with Crippen molar-refractivity contribution in [1.29, 1.82) is 0 Å². The molecule has 0 saturated heterocycles. The number of nitrogens with zero attached hydrogens (tertiary/aromatic N) is 3. The topological polar surface area (TPSA) is 71.8 Å². The lowest BCUT2D eigenvalue weighted by molar-refractivity contribution is 0.247. The second-order valence-corrected chi connectivity index (χ2v) is 7.29. The van der Waals surface area contributed by atoms with Gasteiger partial charge in [0, 0.05) is 47.4 Å². The molecule has 2 amide bonds. The molecule has 2 heterocycles. The molecule has 2 N–H and O–H groups in total. The van der Waals surface area contributed by atoms with Crippen LogP contribution < -0.4 is 10.6 Å². The van der Waals surface area contributed by atoms with Gasteiger partial charge in [-0.3, -0.25) is 9.67 Å². The first kappa shape index (κ1) is 16.6. The third-order valence-electron chi connectivity index (χ3n) is 5.10. The van der Waals surface area contributed by atoms with E-state index in [1.54, 1.807) is 12.4 Å². The molecule has 6 nitrogen and oxygen atoms in total. The highest BCUT2D eigenvalue weighted by molar-refractivity contribution is 6.01. The van der Waals surface area contributed by atoms with Crippen LogP contribution >= 0.6 is 0 Å². The minimum atomic E-state index is -0.172. The lowest BCUT2D eigenvalue weighted by atomic mass is 10.1. The number of hydrogen-bond acceptors (Lipinski definition) is 3. The summed E-state index contributed by atoms with van der Waals surface area (Å²) in [6, 6.07) is 9.64. The Labute approximate surface area is 152 Å². The number of aromatic nitrogens is 3. The van der Waals surface area contributed by atoms with Crippen molar-refractivity contribution in [2.45, 2.75) is 33.2 Å². The van der Waals surface area contributed by atoms with Gasteiger partial charge >= 0.3 is 6.03 Å². The smallest absolute Gasteiger partial charge is 0.319 e. The van der Waals surface area contributed by atoms with Crippen LogP contribution in [0, 0.1) is 19.3 Å². The maximum Gasteiger partial charge on any atom is 0.319 e. The number of carbonyl (C=O) groups excluding carboxylic acids is 1. The molecule has 0 bridgehead atoms. The van der Waals surface area contributed by atoms with Crippen LogP contribution in [0.1, 0.15) is 24.2 Å². The molecular formula is C20H23N5O. The summed E-state index contributed by atoms with van der Waals surface area (Å²) >= 11 is 0. The van der Waals surface area contributed by atoms with E-state index in [2.05, 4.69) is 38.4 Å². The highest BCUT2D eigenvalue weighted by Crippen LogP contribution is 2.46. The summed E-state index contributed by atoms with van der Waals surface area (Å²) in [6.07, 6.45) is 5.77. The molecule has 0 unspecified atom stereocenters. The highest BCUT2D eigenvalue weighted by atomic mass is 16.2. The Morgan fingerprint density at radius 3 is 2.85 bits per heavy atom. The largest absolute Gasteiger partial charge is 0.337 e. The number of hydrogen-bond donors (Lipinski definition) is 2. The first-order valence-electron chi connectivity index (χ1n) is 8.93. The van der Waals surface area contributed by atoms with E-state index in [1.165, 1.54) is 5.69 Å². The van der Waals surface area contributed by atoms with Gasteiger partial charge < -0.3 is 10.6 Å². The first-order valence-corrected chi connectivity index (χ1v) is 8.93. The van der Waals surface area contributed by atoms with E-state index in [4.69, 9.17) is 0 Å². The molecule has 4 rings (SSSR count). The predicted molar refractivity (Wildman–Crippen MR) is 102 cm³/mol. The van der Waals surface area contributed by atoms with E-state index in [1.807, 2.05) is 31.2 Å². The van der Waals surface area contributed by atoms with Gasteiger partial charge in [-0.2, -0.15) is 5.10 Å². The van der Waals surface area contributed by atoms with Gasteiger partial charge in [0.2, 0.25) is 0 Å². The fourth-order valence-corrected chi connectivity index (χ4v) is 3.39. The van der Waals surface area contributed by atoms with E-state index in [9.17, 15) is 4.79 Å². The Bertz CT molecular complexity index is 952. The van der Waals surface area contributed by atoms with Crippen LogP contribution in [0.3, 0.4) is 0 Å². The van der Waals surface area contributed by atoms with Gasteiger partial charge in [0.15, 0.2) is 0 Å². The third kappa shape index (κ3) is 3.40. The van der Waals surface area contributed by atoms with Gasteiger partial charge in [-0.25, -0.2) is 4.79 Å². The van der Waals surface area contributed by atoms with Crippen molar-refractivity contribution in [2.75, 3.05) is 11.9 Å². The Kier molecular flexibility index (Phi) is 4.11. The molecule has 0 atom stereocenters. The molecule has 1 aliphatic rings. The standard InChI is InChI=1S/C20H23N5O/c1-14-10-15(2)25(24-14)13-20(7-8-20)12-22-19(26)23-18-5-3-4-16-11-21-9-6-17(16)18/h3-6,9-11H,7-8,12-13H2,1-2H3,(H2,22,23,26). The molecule has 1 aromatic carbocycles. The van der Waals surface area contributed by atoms with Crippen molar-refractivity contribution in [1.82, 2.24) is 20.1 Å². The molecule has 0 spiro atoms. The summed E-state index contributed by atoms with van der Waals surface area (Å²) in [4.78, 5) is 16.5. The molecule has 1 saturated carbocycles.